The van der Waals surface area contributed by atoms with Gasteiger partial charge >= 0.3 is 0 Å². The Bertz CT molecular complexity index is 360. The summed E-state index contributed by atoms with van der Waals surface area (Å²) in [6, 6.07) is 8.42. The third-order valence-corrected chi connectivity index (χ3v) is 2.75. The minimum Gasteiger partial charge on any atom is -0.383 e. The number of para-hydroxylation sites is 1. The number of nitrogens with one attached hydrogen (secondary N) is 2. The largest absolute Gasteiger partial charge is 0.383 e. The van der Waals surface area contributed by atoms with Gasteiger partial charge in [-0.25, -0.2) is 0 Å². The van der Waals surface area contributed by atoms with E-state index >= 15 is 0 Å². The zero-order valence-corrected chi connectivity index (χ0v) is 9.09. The number of rotatable bonds is 2. The highest BCUT2D eigenvalue weighted by atomic mass is 15.2. The summed E-state index contributed by atoms with van der Waals surface area (Å²) in [6.07, 6.45) is 0. The SMILES string of the molecule is C=C(NC)N1CCNc2ccccc2C1. The lowest BCUT2D eigenvalue weighted by Gasteiger charge is -2.24. The summed E-state index contributed by atoms with van der Waals surface area (Å²) in [5.74, 6) is 0.980. The van der Waals surface area contributed by atoms with Gasteiger partial charge < -0.3 is 15.5 Å². The van der Waals surface area contributed by atoms with Gasteiger partial charge in [0.2, 0.25) is 0 Å². The van der Waals surface area contributed by atoms with E-state index in [4.69, 9.17) is 0 Å². The molecule has 0 unspecified atom stereocenters. The van der Waals surface area contributed by atoms with E-state index in [0.717, 1.165) is 25.5 Å². The van der Waals surface area contributed by atoms with Gasteiger partial charge in [0, 0.05) is 32.4 Å². The number of fused-ring (bicyclic) bond motifs is 1. The van der Waals surface area contributed by atoms with Gasteiger partial charge in [0.1, 0.15) is 0 Å². The maximum Gasteiger partial charge on any atom is 0.0939 e. The van der Waals surface area contributed by atoms with E-state index in [2.05, 4.69) is 46.4 Å². The zero-order valence-electron chi connectivity index (χ0n) is 9.09. The van der Waals surface area contributed by atoms with Gasteiger partial charge in [-0.3, -0.25) is 0 Å². The van der Waals surface area contributed by atoms with Crippen molar-refractivity contribution in [2.24, 2.45) is 0 Å². The maximum atomic E-state index is 4.00. The number of benzene rings is 1. The molecule has 2 rings (SSSR count). The summed E-state index contributed by atoms with van der Waals surface area (Å²) >= 11 is 0. The molecular formula is C12H17N3. The summed E-state index contributed by atoms with van der Waals surface area (Å²) in [5.41, 5.74) is 2.57. The second kappa shape index (κ2) is 4.26. The van der Waals surface area contributed by atoms with Crippen molar-refractivity contribution in [1.82, 2.24) is 10.2 Å². The van der Waals surface area contributed by atoms with Crippen LogP contribution in [-0.4, -0.2) is 25.0 Å². The second-order valence-corrected chi connectivity index (χ2v) is 3.70. The minimum atomic E-state index is 0.919. The van der Waals surface area contributed by atoms with E-state index in [1.54, 1.807) is 0 Å². The average Bonchev–Trinajstić information content (AvgIpc) is 2.49. The molecule has 1 aliphatic rings. The molecule has 0 bridgehead atoms. The van der Waals surface area contributed by atoms with E-state index in [1.165, 1.54) is 11.3 Å². The van der Waals surface area contributed by atoms with Crippen molar-refractivity contribution in [3.05, 3.63) is 42.2 Å². The molecule has 0 aliphatic carbocycles. The number of hydrogen-bond acceptors (Lipinski definition) is 3. The molecule has 0 saturated heterocycles. The van der Waals surface area contributed by atoms with Crippen LogP contribution < -0.4 is 10.6 Å². The van der Waals surface area contributed by atoms with Crippen LogP contribution in [0.3, 0.4) is 0 Å². The van der Waals surface area contributed by atoms with Crippen LogP contribution >= 0.6 is 0 Å². The Morgan fingerprint density at radius 2 is 2.27 bits per heavy atom. The molecule has 0 amide bonds. The molecule has 0 aromatic heterocycles. The van der Waals surface area contributed by atoms with Crippen LogP contribution in [0.2, 0.25) is 0 Å². The van der Waals surface area contributed by atoms with Crippen LogP contribution in [0.15, 0.2) is 36.7 Å². The van der Waals surface area contributed by atoms with E-state index in [9.17, 15) is 0 Å². The molecule has 15 heavy (non-hydrogen) atoms. The number of nitrogens with zero attached hydrogens (tertiary/aromatic N) is 1. The standard InChI is InChI=1S/C12H17N3/c1-10(13-2)15-8-7-14-12-6-4-3-5-11(12)9-15/h3-6,13-14H,1,7-9H2,2H3. The zero-order chi connectivity index (χ0) is 10.7. The van der Waals surface area contributed by atoms with E-state index in [1.807, 2.05) is 7.05 Å². The predicted molar refractivity (Wildman–Crippen MR) is 63.5 cm³/mol. The Morgan fingerprint density at radius 1 is 1.47 bits per heavy atom. The average molecular weight is 203 g/mol. The molecule has 1 aliphatic heterocycles. The van der Waals surface area contributed by atoms with Gasteiger partial charge in [0.25, 0.3) is 0 Å². The molecule has 1 aromatic carbocycles. The molecule has 0 saturated carbocycles. The Balaban J connectivity index is 2.21. The third-order valence-electron chi connectivity index (χ3n) is 2.75. The van der Waals surface area contributed by atoms with Gasteiger partial charge in [-0.2, -0.15) is 0 Å². The van der Waals surface area contributed by atoms with Crippen LogP contribution in [0.5, 0.6) is 0 Å². The fraction of sp³-hybridized carbons (Fsp3) is 0.333. The fourth-order valence-electron chi connectivity index (χ4n) is 1.83. The highest BCUT2D eigenvalue weighted by Crippen LogP contribution is 2.20. The molecular weight excluding hydrogens is 186 g/mol. The third kappa shape index (κ3) is 2.06. The molecule has 0 atom stereocenters. The Labute approximate surface area is 90.8 Å². The molecule has 1 aromatic rings. The molecule has 1 heterocycles. The molecule has 0 fully saturated rings. The monoisotopic (exact) mass is 203 g/mol. The van der Waals surface area contributed by atoms with E-state index in [0.29, 0.717) is 0 Å². The molecule has 80 valence electrons. The van der Waals surface area contributed by atoms with Gasteiger partial charge in [-0.1, -0.05) is 24.8 Å². The van der Waals surface area contributed by atoms with Crippen molar-refractivity contribution in [2.75, 3.05) is 25.5 Å². The highest BCUT2D eigenvalue weighted by Gasteiger charge is 2.13. The first-order valence-electron chi connectivity index (χ1n) is 5.24. The van der Waals surface area contributed by atoms with E-state index < -0.39 is 0 Å². The highest BCUT2D eigenvalue weighted by molar-refractivity contribution is 5.51. The molecule has 2 N–H and O–H groups in total. The van der Waals surface area contributed by atoms with Crippen molar-refractivity contribution >= 4 is 5.69 Å². The lowest BCUT2D eigenvalue weighted by molar-refractivity contribution is 0.337. The Morgan fingerprint density at radius 3 is 3.07 bits per heavy atom. The summed E-state index contributed by atoms with van der Waals surface area (Å²) in [4.78, 5) is 2.25. The van der Waals surface area contributed by atoms with Crippen molar-refractivity contribution in [3.63, 3.8) is 0 Å². The van der Waals surface area contributed by atoms with Crippen LogP contribution in [0.1, 0.15) is 5.56 Å². The van der Waals surface area contributed by atoms with Crippen LogP contribution in [0, 0.1) is 0 Å². The van der Waals surface area contributed by atoms with Crippen molar-refractivity contribution < 1.29 is 0 Å². The predicted octanol–water partition coefficient (Wildman–Crippen LogP) is 1.60. The van der Waals surface area contributed by atoms with Gasteiger partial charge in [-0.15, -0.1) is 0 Å². The van der Waals surface area contributed by atoms with Crippen molar-refractivity contribution in [1.29, 1.82) is 0 Å². The smallest absolute Gasteiger partial charge is 0.0939 e. The molecule has 3 nitrogen and oxygen atoms in total. The normalized spacial score (nSPS) is 14.9. The van der Waals surface area contributed by atoms with Gasteiger partial charge in [0.05, 0.1) is 5.82 Å². The Kier molecular flexibility index (Phi) is 2.81. The topological polar surface area (TPSA) is 27.3 Å². The van der Waals surface area contributed by atoms with Gasteiger partial charge in [-0.05, 0) is 11.6 Å². The fourth-order valence-corrected chi connectivity index (χ4v) is 1.83. The van der Waals surface area contributed by atoms with Gasteiger partial charge in [0.15, 0.2) is 0 Å². The summed E-state index contributed by atoms with van der Waals surface area (Å²) < 4.78 is 0. The minimum absolute atomic E-state index is 0.919. The van der Waals surface area contributed by atoms with E-state index in [-0.39, 0.29) is 0 Å². The Hall–Kier alpha value is -1.64. The first-order valence-corrected chi connectivity index (χ1v) is 5.24. The summed E-state index contributed by atoms with van der Waals surface area (Å²) in [5, 5.41) is 6.52. The van der Waals surface area contributed by atoms with Crippen LogP contribution in [0.25, 0.3) is 0 Å². The number of hydrogen-bond donors (Lipinski definition) is 2. The van der Waals surface area contributed by atoms with Crippen LogP contribution in [0.4, 0.5) is 5.69 Å². The maximum absolute atomic E-state index is 4.00. The quantitative estimate of drug-likeness (QED) is 0.764. The lowest BCUT2D eigenvalue weighted by Crippen LogP contribution is -2.30. The van der Waals surface area contributed by atoms with Crippen LogP contribution in [-0.2, 0) is 6.54 Å². The molecule has 0 spiro atoms. The van der Waals surface area contributed by atoms with Crippen molar-refractivity contribution in [2.45, 2.75) is 6.54 Å². The summed E-state index contributed by atoms with van der Waals surface area (Å²) in [7, 11) is 1.91. The lowest BCUT2D eigenvalue weighted by atomic mass is 10.2. The number of anilines is 1. The first kappa shape index (κ1) is 9.90. The second-order valence-electron chi connectivity index (χ2n) is 3.70. The van der Waals surface area contributed by atoms with Crippen molar-refractivity contribution in [3.8, 4) is 0 Å². The molecule has 0 radical (unpaired) electrons. The first-order chi connectivity index (χ1) is 7.31. The molecule has 3 heteroatoms. The summed E-state index contributed by atoms with van der Waals surface area (Å²) in [6.45, 7) is 6.85.